The summed E-state index contributed by atoms with van der Waals surface area (Å²) in [5.41, 5.74) is 3.24. The van der Waals surface area contributed by atoms with Crippen LogP contribution in [-0.2, 0) is 0 Å². The van der Waals surface area contributed by atoms with Crippen molar-refractivity contribution in [2.75, 3.05) is 18.4 Å². The van der Waals surface area contributed by atoms with Crippen LogP contribution in [-0.4, -0.2) is 37.6 Å². The zero-order valence-electron chi connectivity index (χ0n) is 18.2. The van der Waals surface area contributed by atoms with E-state index in [9.17, 15) is 0 Å². The molecule has 0 saturated carbocycles. The highest BCUT2D eigenvalue weighted by Crippen LogP contribution is 2.39. The van der Waals surface area contributed by atoms with Crippen molar-refractivity contribution >= 4 is 23.0 Å². The molecular weight excluding hydrogens is 428 g/mol. The second-order valence-corrected chi connectivity index (χ2v) is 8.34. The lowest BCUT2D eigenvalue weighted by Crippen LogP contribution is -2.32. The molecule has 0 amide bonds. The van der Waals surface area contributed by atoms with Crippen LogP contribution in [0.3, 0.4) is 0 Å². The number of hydrogen-bond acceptors (Lipinski definition) is 4. The fourth-order valence-electron chi connectivity index (χ4n) is 4.35. The van der Waals surface area contributed by atoms with Gasteiger partial charge in [-0.3, -0.25) is 4.98 Å². The number of nitrogens with zero attached hydrogens (tertiary/aromatic N) is 4. The van der Waals surface area contributed by atoms with E-state index in [-0.39, 0.29) is 12.1 Å². The number of rotatable bonds is 8. The van der Waals surface area contributed by atoms with Crippen molar-refractivity contribution in [1.82, 2.24) is 24.8 Å². The van der Waals surface area contributed by atoms with Gasteiger partial charge in [0.1, 0.15) is 5.82 Å². The third kappa shape index (κ3) is 4.59. The SMILES string of the molecule is S=C1N[C@@H](c2ccccn2)[C@@H](c2cccn2-c2ccccn2)N1CCCNc1ccccc1. The topological polar surface area (TPSA) is 58.0 Å². The van der Waals surface area contributed by atoms with Gasteiger partial charge < -0.3 is 20.1 Å². The smallest absolute Gasteiger partial charge is 0.170 e. The van der Waals surface area contributed by atoms with Crippen molar-refractivity contribution in [3.05, 3.63) is 109 Å². The molecule has 33 heavy (non-hydrogen) atoms. The van der Waals surface area contributed by atoms with Gasteiger partial charge in [0, 0.05) is 43.1 Å². The molecule has 1 saturated heterocycles. The molecular formula is C26H26N6S. The molecule has 4 aromatic rings. The molecule has 1 aromatic carbocycles. The van der Waals surface area contributed by atoms with Gasteiger partial charge in [-0.2, -0.15) is 0 Å². The quantitative estimate of drug-likeness (QED) is 0.296. The molecule has 2 atom stereocenters. The van der Waals surface area contributed by atoms with Crippen LogP contribution in [0.4, 0.5) is 5.69 Å². The molecule has 1 fully saturated rings. The fourth-order valence-corrected chi connectivity index (χ4v) is 4.68. The summed E-state index contributed by atoms with van der Waals surface area (Å²) in [5.74, 6) is 0.890. The Hall–Kier alpha value is -3.71. The van der Waals surface area contributed by atoms with Crippen molar-refractivity contribution in [1.29, 1.82) is 0 Å². The van der Waals surface area contributed by atoms with Gasteiger partial charge in [-0.25, -0.2) is 4.98 Å². The highest BCUT2D eigenvalue weighted by molar-refractivity contribution is 7.80. The molecule has 1 aliphatic heterocycles. The third-order valence-corrected chi connectivity index (χ3v) is 6.21. The third-order valence-electron chi connectivity index (χ3n) is 5.86. The largest absolute Gasteiger partial charge is 0.385 e. The molecule has 1 aliphatic rings. The van der Waals surface area contributed by atoms with Gasteiger partial charge in [0.05, 0.1) is 17.8 Å². The standard InChI is InChI=1S/C26H26N6S/c33-26-30-24(21-12-4-6-15-28-21)25(22-13-8-18-31(22)23-14-5-7-16-29-23)32(26)19-9-17-27-20-10-2-1-3-11-20/h1-8,10-16,18,24-25,27H,9,17,19H2,(H,30,33)/t24-,25+/m0/s1. The Morgan fingerprint density at radius 3 is 2.42 bits per heavy atom. The lowest BCUT2D eigenvalue weighted by molar-refractivity contribution is 0.307. The fraction of sp³-hybridized carbons (Fsp3) is 0.192. The average molecular weight is 455 g/mol. The van der Waals surface area contributed by atoms with Gasteiger partial charge >= 0.3 is 0 Å². The van der Waals surface area contributed by atoms with Gasteiger partial charge in [0.15, 0.2) is 5.11 Å². The normalized spacial score (nSPS) is 17.7. The number of para-hydroxylation sites is 1. The van der Waals surface area contributed by atoms with Crippen LogP contribution in [0.2, 0.25) is 0 Å². The first-order valence-electron chi connectivity index (χ1n) is 11.2. The molecule has 0 aliphatic carbocycles. The predicted octanol–water partition coefficient (Wildman–Crippen LogP) is 4.74. The number of nitrogens with one attached hydrogen (secondary N) is 2. The van der Waals surface area contributed by atoms with Crippen LogP contribution in [0.5, 0.6) is 0 Å². The van der Waals surface area contributed by atoms with E-state index in [1.165, 1.54) is 0 Å². The molecule has 7 heteroatoms. The zero-order chi connectivity index (χ0) is 22.5. The summed E-state index contributed by atoms with van der Waals surface area (Å²) in [6.07, 6.45) is 6.66. The van der Waals surface area contributed by atoms with Crippen molar-refractivity contribution in [2.24, 2.45) is 0 Å². The van der Waals surface area contributed by atoms with Crippen LogP contribution >= 0.6 is 12.2 Å². The molecule has 0 spiro atoms. The van der Waals surface area contributed by atoms with E-state index in [2.05, 4.69) is 66.6 Å². The molecule has 6 nitrogen and oxygen atoms in total. The Morgan fingerprint density at radius 1 is 0.879 bits per heavy atom. The summed E-state index contributed by atoms with van der Waals surface area (Å²) >= 11 is 5.81. The lowest BCUT2D eigenvalue weighted by atomic mass is 10.0. The molecule has 5 rings (SSSR count). The maximum atomic E-state index is 5.81. The number of benzene rings is 1. The molecule has 0 radical (unpaired) electrons. The second kappa shape index (κ2) is 9.83. The van der Waals surface area contributed by atoms with E-state index < -0.39 is 0 Å². The van der Waals surface area contributed by atoms with E-state index in [1.54, 1.807) is 0 Å². The minimum atomic E-state index is -0.0434. The van der Waals surface area contributed by atoms with E-state index in [0.717, 1.165) is 47.5 Å². The van der Waals surface area contributed by atoms with Crippen molar-refractivity contribution in [2.45, 2.75) is 18.5 Å². The first-order valence-corrected chi connectivity index (χ1v) is 11.6. The van der Waals surface area contributed by atoms with Crippen LogP contribution in [0.1, 0.15) is 29.9 Å². The zero-order valence-corrected chi connectivity index (χ0v) is 19.0. The average Bonchev–Trinajstić information content (AvgIpc) is 3.48. The summed E-state index contributed by atoms with van der Waals surface area (Å²) in [4.78, 5) is 11.5. The van der Waals surface area contributed by atoms with Gasteiger partial charge in [-0.15, -0.1) is 0 Å². The van der Waals surface area contributed by atoms with E-state index >= 15 is 0 Å². The van der Waals surface area contributed by atoms with Crippen molar-refractivity contribution in [3.8, 4) is 5.82 Å². The van der Waals surface area contributed by atoms with Gasteiger partial charge in [-0.05, 0) is 67.2 Å². The van der Waals surface area contributed by atoms with Crippen LogP contribution in [0, 0.1) is 0 Å². The highest BCUT2D eigenvalue weighted by atomic mass is 32.1. The van der Waals surface area contributed by atoms with Gasteiger partial charge in [0.2, 0.25) is 0 Å². The maximum Gasteiger partial charge on any atom is 0.170 e. The van der Waals surface area contributed by atoms with Crippen LogP contribution in [0.15, 0.2) is 97.5 Å². The van der Waals surface area contributed by atoms with Crippen LogP contribution in [0.25, 0.3) is 5.82 Å². The second-order valence-electron chi connectivity index (χ2n) is 7.96. The molecule has 0 unspecified atom stereocenters. The van der Waals surface area contributed by atoms with Gasteiger partial charge in [0.25, 0.3) is 0 Å². The molecule has 4 heterocycles. The van der Waals surface area contributed by atoms with Crippen molar-refractivity contribution in [3.63, 3.8) is 0 Å². The first kappa shape index (κ1) is 21.2. The Labute approximate surface area is 199 Å². The summed E-state index contributed by atoms with van der Waals surface area (Å²) in [5, 5.41) is 7.79. The molecule has 166 valence electrons. The van der Waals surface area contributed by atoms with E-state index in [0.29, 0.717) is 0 Å². The number of pyridine rings is 2. The predicted molar refractivity (Wildman–Crippen MR) is 135 cm³/mol. The molecule has 3 aromatic heterocycles. The highest BCUT2D eigenvalue weighted by Gasteiger charge is 2.41. The summed E-state index contributed by atoms with van der Waals surface area (Å²) in [7, 11) is 0. The maximum absolute atomic E-state index is 5.81. The number of thiocarbonyl (C=S) groups is 1. The molecule has 0 bridgehead atoms. The Morgan fingerprint density at radius 2 is 1.67 bits per heavy atom. The minimum absolute atomic E-state index is 0.00105. The lowest BCUT2D eigenvalue weighted by Gasteiger charge is -2.28. The summed E-state index contributed by atoms with van der Waals surface area (Å²) in [6.45, 7) is 1.69. The monoisotopic (exact) mass is 454 g/mol. The Bertz CT molecular complexity index is 1180. The number of hydrogen-bond donors (Lipinski definition) is 2. The van der Waals surface area contributed by atoms with Gasteiger partial charge in [-0.1, -0.05) is 30.3 Å². The Kier molecular flexibility index (Phi) is 6.30. The summed E-state index contributed by atoms with van der Waals surface area (Å²) in [6, 6.07) is 26.4. The number of anilines is 1. The summed E-state index contributed by atoms with van der Waals surface area (Å²) < 4.78 is 2.14. The van der Waals surface area contributed by atoms with E-state index in [4.69, 9.17) is 12.2 Å². The first-order chi connectivity index (χ1) is 16.3. The van der Waals surface area contributed by atoms with Crippen LogP contribution < -0.4 is 10.6 Å². The molecule has 2 N–H and O–H groups in total. The van der Waals surface area contributed by atoms with E-state index in [1.807, 2.05) is 60.9 Å². The van der Waals surface area contributed by atoms with Crippen molar-refractivity contribution < 1.29 is 0 Å². The minimum Gasteiger partial charge on any atom is -0.385 e. The number of aromatic nitrogens is 3. The Balaban J connectivity index is 1.41.